The Hall–Kier alpha value is -2.66. The van der Waals surface area contributed by atoms with E-state index in [-0.39, 0.29) is 17.2 Å². The van der Waals surface area contributed by atoms with Crippen LogP contribution in [0.1, 0.15) is 34.1 Å². The normalized spacial score (nSPS) is 19.7. The van der Waals surface area contributed by atoms with Crippen LogP contribution >= 0.6 is 0 Å². The zero-order chi connectivity index (χ0) is 17.9. The van der Waals surface area contributed by atoms with Gasteiger partial charge in [0.05, 0.1) is 0 Å². The average Bonchev–Trinajstić information content (AvgIpc) is 3.05. The first-order valence-electron chi connectivity index (χ1n) is 8.47. The number of anilines is 1. The summed E-state index contributed by atoms with van der Waals surface area (Å²) in [6, 6.07) is 16.0. The van der Waals surface area contributed by atoms with Crippen LogP contribution < -0.4 is 11.1 Å². The van der Waals surface area contributed by atoms with Crippen molar-refractivity contribution in [1.82, 2.24) is 4.90 Å². The maximum atomic E-state index is 12.6. The van der Waals surface area contributed by atoms with Gasteiger partial charge < -0.3 is 16.0 Å². The van der Waals surface area contributed by atoms with Crippen molar-refractivity contribution in [2.75, 3.05) is 25.0 Å². The quantitative estimate of drug-likeness (QED) is 0.901. The summed E-state index contributed by atoms with van der Waals surface area (Å²) in [5, 5.41) is 2.84. The van der Waals surface area contributed by atoms with Crippen molar-refractivity contribution in [2.24, 2.45) is 11.1 Å². The predicted molar refractivity (Wildman–Crippen MR) is 98.5 cm³/mol. The molecule has 0 saturated carbocycles. The van der Waals surface area contributed by atoms with Gasteiger partial charge in [-0.25, -0.2) is 0 Å². The summed E-state index contributed by atoms with van der Waals surface area (Å²) in [5.74, 6) is -0.156. The van der Waals surface area contributed by atoms with E-state index in [1.54, 1.807) is 36.4 Å². The number of carbonyl (C=O) groups excluding carboxylic acids is 2. The molecule has 0 bridgehead atoms. The third kappa shape index (κ3) is 3.88. The minimum absolute atomic E-state index is 0.0121. The molecule has 1 unspecified atom stereocenters. The zero-order valence-corrected chi connectivity index (χ0v) is 14.4. The van der Waals surface area contributed by atoms with Gasteiger partial charge in [0, 0.05) is 29.9 Å². The molecular formula is C20H23N3O2. The molecule has 0 radical (unpaired) electrons. The fraction of sp³-hybridized carbons (Fsp3) is 0.300. The summed E-state index contributed by atoms with van der Waals surface area (Å²) in [6.45, 7) is 4.12. The number of benzene rings is 2. The zero-order valence-electron chi connectivity index (χ0n) is 14.4. The van der Waals surface area contributed by atoms with E-state index >= 15 is 0 Å². The minimum atomic E-state index is -0.169. The largest absolute Gasteiger partial charge is 0.338 e. The Kier molecular flexibility index (Phi) is 4.86. The first-order chi connectivity index (χ1) is 12.0. The third-order valence-electron chi connectivity index (χ3n) is 4.76. The van der Waals surface area contributed by atoms with Gasteiger partial charge in [-0.05, 0) is 54.8 Å². The Bertz CT molecular complexity index is 758. The van der Waals surface area contributed by atoms with Gasteiger partial charge in [0.15, 0.2) is 0 Å². The number of likely N-dealkylation sites (tertiary alicyclic amines) is 1. The Morgan fingerprint density at radius 1 is 1.08 bits per heavy atom. The molecule has 1 heterocycles. The summed E-state index contributed by atoms with van der Waals surface area (Å²) < 4.78 is 0. The summed E-state index contributed by atoms with van der Waals surface area (Å²) in [5.41, 5.74) is 7.71. The number of rotatable bonds is 4. The van der Waals surface area contributed by atoms with E-state index in [0.717, 1.165) is 13.0 Å². The molecule has 1 aliphatic heterocycles. The Balaban J connectivity index is 1.64. The molecule has 1 aliphatic rings. The monoisotopic (exact) mass is 337 g/mol. The Morgan fingerprint density at radius 3 is 2.36 bits per heavy atom. The van der Waals surface area contributed by atoms with Crippen molar-refractivity contribution in [2.45, 2.75) is 13.3 Å². The van der Waals surface area contributed by atoms with Gasteiger partial charge >= 0.3 is 0 Å². The SMILES string of the molecule is CC1(CN)CCN(C(=O)c2ccc(NC(=O)c3ccccc3)cc2)C1. The lowest BCUT2D eigenvalue weighted by molar-refractivity contribution is 0.0777. The Morgan fingerprint density at radius 2 is 1.76 bits per heavy atom. The van der Waals surface area contributed by atoms with E-state index < -0.39 is 0 Å². The van der Waals surface area contributed by atoms with Crippen LogP contribution in [0, 0.1) is 5.41 Å². The van der Waals surface area contributed by atoms with E-state index in [2.05, 4.69) is 12.2 Å². The predicted octanol–water partition coefficient (Wildman–Crippen LogP) is 2.75. The summed E-state index contributed by atoms with van der Waals surface area (Å²) in [4.78, 5) is 26.6. The number of hydrogen-bond donors (Lipinski definition) is 2. The van der Waals surface area contributed by atoms with Gasteiger partial charge in [0.2, 0.25) is 0 Å². The van der Waals surface area contributed by atoms with E-state index in [9.17, 15) is 9.59 Å². The molecule has 1 fully saturated rings. The molecular weight excluding hydrogens is 314 g/mol. The van der Waals surface area contributed by atoms with Gasteiger partial charge in [-0.15, -0.1) is 0 Å². The van der Waals surface area contributed by atoms with Gasteiger partial charge in [-0.3, -0.25) is 9.59 Å². The molecule has 5 nitrogen and oxygen atoms in total. The summed E-state index contributed by atoms with van der Waals surface area (Å²) in [7, 11) is 0. The second kappa shape index (κ2) is 7.07. The molecule has 3 rings (SSSR count). The highest BCUT2D eigenvalue weighted by molar-refractivity contribution is 6.04. The smallest absolute Gasteiger partial charge is 0.255 e. The standard InChI is InChI=1S/C20H23N3O2/c1-20(13-21)11-12-23(14-20)19(25)16-7-9-17(10-8-16)22-18(24)15-5-3-2-4-6-15/h2-10H,11-14,21H2,1H3,(H,22,24). The lowest BCUT2D eigenvalue weighted by Gasteiger charge is -2.22. The fourth-order valence-corrected chi connectivity index (χ4v) is 3.04. The summed E-state index contributed by atoms with van der Waals surface area (Å²) >= 11 is 0. The molecule has 130 valence electrons. The third-order valence-corrected chi connectivity index (χ3v) is 4.76. The van der Waals surface area contributed by atoms with Crippen LogP contribution in [0.2, 0.25) is 0 Å². The second-order valence-corrected chi connectivity index (χ2v) is 6.89. The fourth-order valence-electron chi connectivity index (χ4n) is 3.04. The van der Waals surface area contributed by atoms with Crippen LogP contribution in [0.15, 0.2) is 54.6 Å². The lowest BCUT2D eigenvalue weighted by Crippen LogP contribution is -2.34. The van der Waals surface area contributed by atoms with E-state index in [1.807, 2.05) is 23.1 Å². The molecule has 2 aromatic carbocycles. The van der Waals surface area contributed by atoms with Crippen LogP contribution in [-0.4, -0.2) is 36.3 Å². The number of nitrogens with two attached hydrogens (primary N) is 1. The van der Waals surface area contributed by atoms with Crippen molar-refractivity contribution in [3.05, 3.63) is 65.7 Å². The van der Waals surface area contributed by atoms with Gasteiger partial charge in [0.1, 0.15) is 0 Å². The van der Waals surface area contributed by atoms with E-state index in [1.165, 1.54) is 0 Å². The molecule has 0 spiro atoms. The molecule has 0 aliphatic carbocycles. The van der Waals surface area contributed by atoms with Crippen LogP contribution in [0.25, 0.3) is 0 Å². The van der Waals surface area contributed by atoms with Crippen LogP contribution in [0.4, 0.5) is 5.69 Å². The molecule has 1 saturated heterocycles. The first-order valence-corrected chi connectivity index (χ1v) is 8.47. The van der Waals surface area contributed by atoms with Gasteiger partial charge in [-0.1, -0.05) is 25.1 Å². The molecule has 2 aromatic rings. The number of hydrogen-bond acceptors (Lipinski definition) is 3. The van der Waals surface area contributed by atoms with Crippen molar-refractivity contribution >= 4 is 17.5 Å². The molecule has 3 N–H and O–H groups in total. The molecule has 1 atom stereocenters. The number of carbonyl (C=O) groups is 2. The van der Waals surface area contributed by atoms with E-state index in [0.29, 0.717) is 29.9 Å². The van der Waals surface area contributed by atoms with Crippen LogP contribution in [0.5, 0.6) is 0 Å². The van der Waals surface area contributed by atoms with Gasteiger partial charge in [-0.2, -0.15) is 0 Å². The van der Waals surface area contributed by atoms with Crippen LogP contribution in [0.3, 0.4) is 0 Å². The number of nitrogens with zero attached hydrogens (tertiary/aromatic N) is 1. The molecule has 25 heavy (non-hydrogen) atoms. The van der Waals surface area contributed by atoms with Crippen molar-refractivity contribution in [3.8, 4) is 0 Å². The molecule has 0 aromatic heterocycles. The summed E-state index contributed by atoms with van der Waals surface area (Å²) in [6.07, 6.45) is 0.931. The van der Waals surface area contributed by atoms with E-state index in [4.69, 9.17) is 5.73 Å². The Labute approximate surface area is 147 Å². The molecule has 5 heteroatoms. The topological polar surface area (TPSA) is 75.4 Å². The lowest BCUT2D eigenvalue weighted by atomic mass is 9.90. The highest BCUT2D eigenvalue weighted by Crippen LogP contribution is 2.29. The number of amides is 2. The molecule has 2 amide bonds. The maximum absolute atomic E-state index is 12.6. The highest BCUT2D eigenvalue weighted by Gasteiger charge is 2.35. The van der Waals surface area contributed by atoms with Crippen molar-refractivity contribution in [1.29, 1.82) is 0 Å². The van der Waals surface area contributed by atoms with Crippen LogP contribution in [-0.2, 0) is 0 Å². The maximum Gasteiger partial charge on any atom is 0.255 e. The second-order valence-electron chi connectivity index (χ2n) is 6.89. The first kappa shape index (κ1) is 17.2. The van der Waals surface area contributed by atoms with Gasteiger partial charge in [0.25, 0.3) is 11.8 Å². The minimum Gasteiger partial charge on any atom is -0.338 e. The number of nitrogens with one attached hydrogen (secondary N) is 1. The average molecular weight is 337 g/mol. The van der Waals surface area contributed by atoms with Crippen molar-refractivity contribution in [3.63, 3.8) is 0 Å². The van der Waals surface area contributed by atoms with Crippen molar-refractivity contribution < 1.29 is 9.59 Å². The highest BCUT2D eigenvalue weighted by atomic mass is 16.2.